The third-order valence-electron chi connectivity index (χ3n) is 3.23. The number of fused-ring (bicyclic) bond motifs is 1. The van der Waals surface area contributed by atoms with Gasteiger partial charge < -0.3 is 14.6 Å². The van der Waals surface area contributed by atoms with Gasteiger partial charge in [-0.1, -0.05) is 18.2 Å². The van der Waals surface area contributed by atoms with Gasteiger partial charge >= 0.3 is 11.9 Å². The van der Waals surface area contributed by atoms with E-state index in [-0.39, 0.29) is 0 Å². The summed E-state index contributed by atoms with van der Waals surface area (Å²) in [6.45, 7) is 0.388. The van der Waals surface area contributed by atoms with Crippen molar-refractivity contribution in [3.05, 3.63) is 36.0 Å². The van der Waals surface area contributed by atoms with E-state index in [4.69, 9.17) is 5.11 Å². The Hall–Kier alpha value is -2.30. The molecule has 0 aliphatic rings. The summed E-state index contributed by atoms with van der Waals surface area (Å²) in [6.07, 6.45) is 2.65. The van der Waals surface area contributed by atoms with E-state index in [1.165, 1.54) is 11.9 Å². The predicted molar refractivity (Wildman–Crippen MR) is 71.9 cm³/mol. The summed E-state index contributed by atoms with van der Waals surface area (Å²) in [5.41, 5.74) is 2.24. The summed E-state index contributed by atoms with van der Waals surface area (Å²) in [5, 5.41) is 9.77. The highest BCUT2D eigenvalue weighted by molar-refractivity contribution is 6.31. The number of aromatic nitrogens is 1. The normalized spacial score (nSPS) is 10.6. The van der Waals surface area contributed by atoms with Crippen molar-refractivity contribution in [3.8, 4) is 0 Å². The van der Waals surface area contributed by atoms with Gasteiger partial charge in [-0.15, -0.1) is 0 Å². The first-order valence-corrected chi connectivity index (χ1v) is 6.02. The number of para-hydroxylation sites is 1. The SMILES string of the molecule is CN(CCc1cn(C)c2ccccc12)C(=O)C(=O)O. The number of hydrogen-bond donors (Lipinski definition) is 1. The Morgan fingerprint density at radius 3 is 2.68 bits per heavy atom. The first kappa shape index (κ1) is 13.1. The number of carboxylic acids is 1. The van der Waals surface area contributed by atoms with Crippen LogP contribution in [0.3, 0.4) is 0 Å². The number of amides is 1. The van der Waals surface area contributed by atoms with Crippen LogP contribution in [0.25, 0.3) is 10.9 Å². The molecule has 1 aromatic carbocycles. The van der Waals surface area contributed by atoms with Crippen LogP contribution >= 0.6 is 0 Å². The quantitative estimate of drug-likeness (QED) is 0.845. The topological polar surface area (TPSA) is 62.5 Å². The van der Waals surface area contributed by atoms with Gasteiger partial charge in [-0.3, -0.25) is 4.79 Å². The molecule has 0 aliphatic heterocycles. The fraction of sp³-hybridized carbons (Fsp3) is 0.286. The smallest absolute Gasteiger partial charge is 0.394 e. The number of nitrogens with zero attached hydrogens (tertiary/aromatic N) is 2. The van der Waals surface area contributed by atoms with Crippen molar-refractivity contribution in [1.29, 1.82) is 0 Å². The maximum Gasteiger partial charge on any atom is 0.394 e. The van der Waals surface area contributed by atoms with Crippen LogP contribution < -0.4 is 0 Å². The highest BCUT2D eigenvalue weighted by Crippen LogP contribution is 2.20. The van der Waals surface area contributed by atoms with Crippen LogP contribution in [0.4, 0.5) is 0 Å². The Morgan fingerprint density at radius 2 is 2.00 bits per heavy atom. The molecule has 0 saturated heterocycles. The third-order valence-corrected chi connectivity index (χ3v) is 3.23. The lowest BCUT2D eigenvalue weighted by atomic mass is 10.1. The zero-order chi connectivity index (χ0) is 14.0. The summed E-state index contributed by atoms with van der Waals surface area (Å²) in [5.74, 6) is -2.29. The summed E-state index contributed by atoms with van der Waals surface area (Å²) in [6, 6.07) is 8.01. The molecule has 5 heteroatoms. The zero-order valence-electron chi connectivity index (χ0n) is 11.0. The summed E-state index contributed by atoms with van der Waals surface area (Å²) in [7, 11) is 3.47. The van der Waals surface area contributed by atoms with Crippen molar-refractivity contribution >= 4 is 22.8 Å². The van der Waals surface area contributed by atoms with Crippen molar-refractivity contribution in [2.75, 3.05) is 13.6 Å². The molecule has 19 heavy (non-hydrogen) atoms. The van der Waals surface area contributed by atoms with E-state index in [1.54, 1.807) is 0 Å². The Morgan fingerprint density at radius 1 is 1.32 bits per heavy atom. The van der Waals surface area contributed by atoms with Crippen LogP contribution in [-0.2, 0) is 23.1 Å². The first-order valence-electron chi connectivity index (χ1n) is 6.02. The van der Waals surface area contributed by atoms with Gasteiger partial charge in [-0.05, 0) is 18.1 Å². The maximum atomic E-state index is 11.3. The van der Waals surface area contributed by atoms with Gasteiger partial charge in [-0.25, -0.2) is 4.79 Å². The van der Waals surface area contributed by atoms with Crippen molar-refractivity contribution in [2.45, 2.75) is 6.42 Å². The average molecular weight is 260 g/mol. The lowest BCUT2D eigenvalue weighted by molar-refractivity contribution is -0.155. The number of aryl methyl sites for hydroxylation is 1. The fourth-order valence-corrected chi connectivity index (χ4v) is 2.18. The van der Waals surface area contributed by atoms with Gasteiger partial charge in [0.05, 0.1) is 0 Å². The molecule has 100 valence electrons. The van der Waals surface area contributed by atoms with E-state index in [0.717, 1.165) is 16.5 Å². The van der Waals surface area contributed by atoms with Crippen molar-refractivity contribution in [3.63, 3.8) is 0 Å². The molecule has 0 fully saturated rings. The van der Waals surface area contributed by atoms with E-state index >= 15 is 0 Å². The molecular weight excluding hydrogens is 244 g/mol. The first-order chi connectivity index (χ1) is 9.00. The van der Waals surface area contributed by atoms with E-state index in [2.05, 4.69) is 0 Å². The van der Waals surface area contributed by atoms with Gasteiger partial charge in [0, 0.05) is 37.7 Å². The van der Waals surface area contributed by atoms with E-state index in [1.807, 2.05) is 42.1 Å². The minimum atomic E-state index is -1.42. The molecule has 1 aromatic heterocycles. The van der Waals surface area contributed by atoms with Crippen molar-refractivity contribution in [1.82, 2.24) is 9.47 Å². The van der Waals surface area contributed by atoms with Crippen LogP contribution in [0.1, 0.15) is 5.56 Å². The Kier molecular flexibility index (Phi) is 3.55. The predicted octanol–water partition coefficient (Wildman–Crippen LogP) is 1.26. The second-order valence-corrected chi connectivity index (χ2v) is 4.56. The van der Waals surface area contributed by atoms with Gasteiger partial charge in [-0.2, -0.15) is 0 Å². The molecular formula is C14H16N2O3. The minimum Gasteiger partial charge on any atom is -0.474 e. The lowest BCUT2D eigenvalue weighted by Crippen LogP contribution is -2.34. The van der Waals surface area contributed by atoms with Gasteiger partial charge in [0.2, 0.25) is 0 Å². The van der Waals surface area contributed by atoms with E-state index in [9.17, 15) is 9.59 Å². The number of hydrogen-bond acceptors (Lipinski definition) is 2. The van der Waals surface area contributed by atoms with Crippen molar-refractivity contribution < 1.29 is 14.7 Å². The summed E-state index contributed by atoms with van der Waals surface area (Å²) < 4.78 is 2.03. The van der Waals surface area contributed by atoms with Crippen molar-refractivity contribution in [2.24, 2.45) is 7.05 Å². The Bertz CT molecular complexity index is 631. The number of carbonyl (C=O) groups is 2. The second-order valence-electron chi connectivity index (χ2n) is 4.56. The van der Waals surface area contributed by atoms with Crippen LogP contribution in [0, 0.1) is 0 Å². The molecule has 0 saturated carbocycles. The molecule has 1 amide bonds. The molecule has 0 aliphatic carbocycles. The second kappa shape index (κ2) is 5.14. The fourth-order valence-electron chi connectivity index (χ4n) is 2.18. The van der Waals surface area contributed by atoms with Crippen LogP contribution in [0.2, 0.25) is 0 Å². The zero-order valence-corrected chi connectivity index (χ0v) is 11.0. The van der Waals surface area contributed by atoms with Crippen LogP contribution in [0.15, 0.2) is 30.5 Å². The molecule has 1 heterocycles. The minimum absolute atomic E-state index is 0.388. The number of carboxylic acid groups (broad SMARTS) is 1. The summed E-state index contributed by atoms with van der Waals surface area (Å²) in [4.78, 5) is 23.1. The van der Waals surface area contributed by atoms with Gasteiger partial charge in [0.15, 0.2) is 0 Å². The Balaban J connectivity index is 2.14. The molecule has 0 atom stereocenters. The number of likely N-dealkylation sites (N-methyl/N-ethyl adjacent to an activating group) is 1. The molecule has 2 rings (SSSR count). The monoisotopic (exact) mass is 260 g/mol. The van der Waals surface area contributed by atoms with Gasteiger partial charge in [0.1, 0.15) is 0 Å². The highest BCUT2D eigenvalue weighted by Gasteiger charge is 2.17. The number of benzene rings is 1. The van der Waals surface area contributed by atoms with Gasteiger partial charge in [0.25, 0.3) is 0 Å². The number of carbonyl (C=O) groups excluding carboxylic acids is 1. The van der Waals surface area contributed by atoms with Crippen LogP contribution in [-0.4, -0.2) is 40.0 Å². The third kappa shape index (κ3) is 2.59. The summed E-state index contributed by atoms with van der Waals surface area (Å²) >= 11 is 0. The average Bonchev–Trinajstić information content (AvgIpc) is 2.72. The molecule has 0 spiro atoms. The number of aliphatic carboxylic acids is 1. The molecule has 2 aromatic rings. The molecule has 1 N–H and O–H groups in total. The number of rotatable bonds is 3. The Labute approximate surface area is 111 Å². The molecule has 5 nitrogen and oxygen atoms in total. The maximum absolute atomic E-state index is 11.3. The van der Waals surface area contributed by atoms with E-state index in [0.29, 0.717) is 13.0 Å². The molecule has 0 radical (unpaired) electrons. The molecule has 0 bridgehead atoms. The standard InChI is InChI=1S/C14H16N2O3/c1-15(13(17)14(18)19)8-7-10-9-16(2)12-6-4-3-5-11(10)12/h3-6,9H,7-8H2,1-2H3,(H,18,19). The largest absolute Gasteiger partial charge is 0.474 e. The van der Waals surface area contributed by atoms with Crippen LogP contribution in [0.5, 0.6) is 0 Å². The van der Waals surface area contributed by atoms with E-state index < -0.39 is 11.9 Å². The molecule has 0 unspecified atom stereocenters. The highest BCUT2D eigenvalue weighted by atomic mass is 16.4. The lowest BCUT2D eigenvalue weighted by Gasteiger charge is -2.13.